The molecule has 0 unspecified atom stereocenters. The summed E-state index contributed by atoms with van der Waals surface area (Å²) in [6, 6.07) is 6.32. The van der Waals surface area contributed by atoms with Crippen LogP contribution in [0.1, 0.15) is 57.2 Å². The number of carbonyl (C=O) groups is 2. The van der Waals surface area contributed by atoms with Crippen LogP contribution >= 0.6 is 11.8 Å². The standard InChI is InChI=1S/C34H39FN2O6S/c1-32-17-21-19-36-37(24-9-7-23(35)8-10-24)27(21)16-22(32)6-11-25-26-12-13-34(43-29(40)20-42-3,31(41)44-15-5-4-14-38)33(26,2)18-28(39)30(25)32/h7-10,16,19,25-26,28,30,38-39H,6,11-15,17-18,20H2,1-3H3/t25-,26-,28-,30+,32-,33-,34-/m0/s1. The molecule has 6 rings (SSSR count). The molecule has 2 aromatic rings. The van der Waals surface area contributed by atoms with Crippen LogP contribution in [-0.4, -0.2) is 68.9 Å². The summed E-state index contributed by atoms with van der Waals surface area (Å²) in [6.07, 6.45) is 7.23. The van der Waals surface area contributed by atoms with Crippen LogP contribution in [0.15, 0.2) is 36.0 Å². The average molecular weight is 623 g/mol. The number of fused-ring (bicyclic) bond motifs is 6. The van der Waals surface area contributed by atoms with E-state index in [2.05, 4.69) is 29.9 Å². The van der Waals surface area contributed by atoms with Gasteiger partial charge in [0.1, 0.15) is 19.0 Å². The Hall–Kier alpha value is -2.97. The van der Waals surface area contributed by atoms with Gasteiger partial charge in [-0.3, -0.25) is 4.79 Å². The quantitative estimate of drug-likeness (QED) is 0.362. The molecule has 1 aromatic carbocycles. The van der Waals surface area contributed by atoms with Gasteiger partial charge in [0.15, 0.2) is 5.60 Å². The molecular weight excluding hydrogens is 583 g/mol. The van der Waals surface area contributed by atoms with E-state index < -0.39 is 23.1 Å². The van der Waals surface area contributed by atoms with E-state index in [0.717, 1.165) is 48.0 Å². The zero-order valence-corrected chi connectivity index (χ0v) is 26.2. The van der Waals surface area contributed by atoms with Crippen molar-refractivity contribution < 1.29 is 33.7 Å². The van der Waals surface area contributed by atoms with Crippen molar-refractivity contribution in [1.29, 1.82) is 0 Å². The SMILES string of the molecule is COCC(=O)O[C@]1(C(=O)SCC#CCO)CC[C@H]2[C@@H]3CCC4=Cc5c(cnn5-c5ccc(F)cc5)C[C@]4(C)[C@H]3[C@@H](O)C[C@@]21C. The number of ether oxygens (including phenoxy) is 2. The number of hydrogen-bond donors (Lipinski definition) is 2. The first-order valence-corrected chi connectivity index (χ1v) is 16.2. The molecule has 0 amide bonds. The third-order valence-corrected chi connectivity index (χ3v) is 11.9. The summed E-state index contributed by atoms with van der Waals surface area (Å²) in [5.74, 6) is 4.80. The molecule has 7 atom stereocenters. The van der Waals surface area contributed by atoms with Gasteiger partial charge in [-0.25, -0.2) is 13.9 Å². The van der Waals surface area contributed by atoms with Crippen LogP contribution in [0.4, 0.5) is 4.39 Å². The van der Waals surface area contributed by atoms with Gasteiger partial charge in [0.05, 0.1) is 29.4 Å². The number of esters is 1. The molecule has 8 nitrogen and oxygen atoms in total. The summed E-state index contributed by atoms with van der Waals surface area (Å²) in [7, 11) is 1.41. The van der Waals surface area contributed by atoms with Crippen molar-refractivity contribution in [2.24, 2.45) is 28.6 Å². The second kappa shape index (κ2) is 11.8. The number of aliphatic hydroxyl groups is 2. The highest BCUT2D eigenvalue weighted by atomic mass is 32.2. The fourth-order valence-electron chi connectivity index (χ4n) is 9.17. The van der Waals surface area contributed by atoms with Crippen LogP contribution in [0.5, 0.6) is 0 Å². The van der Waals surface area contributed by atoms with Crippen molar-refractivity contribution in [3.63, 3.8) is 0 Å². The molecule has 0 saturated heterocycles. The Morgan fingerprint density at radius 1 is 1.20 bits per heavy atom. The molecule has 0 radical (unpaired) electrons. The summed E-state index contributed by atoms with van der Waals surface area (Å²) in [5.41, 5.74) is 1.69. The number of aliphatic hydroxyl groups excluding tert-OH is 2. The largest absolute Gasteiger partial charge is 0.448 e. The molecule has 44 heavy (non-hydrogen) atoms. The van der Waals surface area contributed by atoms with Gasteiger partial charge in [-0.1, -0.05) is 43.0 Å². The maximum absolute atomic E-state index is 14.0. The van der Waals surface area contributed by atoms with Crippen molar-refractivity contribution in [3.05, 3.63) is 53.1 Å². The highest BCUT2D eigenvalue weighted by Crippen LogP contribution is 2.68. The maximum atomic E-state index is 14.0. The number of benzene rings is 1. The maximum Gasteiger partial charge on any atom is 0.333 e. The Bertz CT molecular complexity index is 1540. The number of nitrogens with zero attached hydrogens (tertiary/aromatic N) is 2. The van der Waals surface area contributed by atoms with E-state index in [4.69, 9.17) is 14.6 Å². The van der Waals surface area contributed by atoms with Crippen molar-refractivity contribution in [2.75, 3.05) is 26.1 Å². The van der Waals surface area contributed by atoms with Gasteiger partial charge < -0.3 is 19.7 Å². The number of aromatic nitrogens is 2. The van der Waals surface area contributed by atoms with E-state index in [1.807, 2.05) is 17.8 Å². The first-order valence-electron chi connectivity index (χ1n) is 15.2. The van der Waals surface area contributed by atoms with Gasteiger partial charge in [0.2, 0.25) is 5.12 Å². The van der Waals surface area contributed by atoms with Gasteiger partial charge >= 0.3 is 5.97 Å². The van der Waals surface area contributed by atoms with Crippen LogP contribution in [-0.2, 0) is 25.5 Å². The smallest absolute Gasteiger partial charge is 0.333 e. The predicted molar refractivity (Wildman–Crippen MR) is 164 cm³/mol. The van der Waals surface area contributed by atoms with E-state index >= 15 is 0 Å². The highest BCUT2D eigenvalue weighted by Gasteiger charge is 2.70. The van der Waals surface area contributed by atoms with E-state index in [0.29, 0.717) is 19.3 Å². The lowest BCUT2D eigenvalue weighted by Gasteiger charge is -2.60. The Kier molecular flexibility index (Phi) is 8.29. The molecule has 3 fully saturated rings. The lowest BCUT2D eigenvalue weighted by atomic mass is 9.45. The van der Waals surface area contributed by atoms with Gasteiger partial charge in [0.25, 0.3) is 0 Å². The van der Waals surface area contributed by atoms with E-state index in [9.17, 15) is 19.1 Å². The zero-order valence-electron chi connectivity index (χ0n) is 25.3. The van der Waals surface area contributed by atoms with Crippen LogP contribution in [0.25, 0.3) is 11.8 Å². The third-order valence-electron chi connectivity index (χ3n) is 11.0. The second-order valence-electron chi connectivity index (χ2n) is 13.1. The lowest BCUT2D eigenvalue weighted by molar-refractivity contribution is -0.198. The topological polar surface area (TPSA) is 111 Å². The fraction of sp³-hybridized carbons (Fsp3) is 0.559. The normalized spacial score (nSPS) is 33.5. The average Bonchev–Trinajstić information content (AvgIpc) is 3.51. The molecule has 1 heterocycles. The Morgan fingerprint density at radius 3 is 2.70 bits per heavy atom. The van der Waals surface area contributed by atoms with Crippen molar-refractivity contribution >= 4 is 28.9 Å². The van der Waals surface area contributed by atoms with E-state index in [1.54, 1.807) is 12.1 Å². The number of rotatable bonds is 6. The fourth-order valence-corrected chi connectivity index (χ4v) is 10.1. The molecule has 2 N–H and O–H groups in total. The third kappa shape index (κ3) is 4.84. The molecule has 0 aliphatic heterocycles. The number of hydrogen-bond acceptors (Lipinski definition) is 8. The molecule has 4 aliphatic rings. The van der Waals surface area contributed by atoms with Crippen molar-refractivity contribution in [3.8, 4) is 17.5 Å². The zero-order chi connectivity index (χ0) is 31.3. The lowest BCUT2D eigenvalue weighted by Crippen LogP contribution is -2.62. The number of allylic oxidation sites excluding steroid dienone is 1. The first-order chi connectivity index (χ1) is 21.1. The van der Waals surface area contributed by atoms with E-state index in [-0.39, 0.29) is 53.1 Å². The summed E-state index contributed by atoms with van der Waals surface area (Å²) in [6.45, 7) is 3.71. The first kappa shape index (κ1) is 31.0. The van der Waals surface area contributed by atoms with E-state index in [1.165, 1.54) is 24.8 Å². The molecule has 3 saturated carbocycles. The predicted octanol–water partition coefficient (Wildman–Crippen LogP) is 4.35. The van der Waals surface area contributed by atoms with Gasteiger partial charge in [-0.2, -0.15) is 5.10 Å². The molecule has 0 spiro atoms. The summed E-state index contributed by atoms with van der Waals surface area (Å²) in [5, 5.41) is 25.5. The minimum Gasteiger partial charge on any atom is -0.448 e. The molecule has 0 bridgehead atoms. The summed E-state index contributed by atoms with van der Waals surface area (Å²) >= 11 is 1.01. The van der Waals surface area contributed by atoms with Crippen LogP contribution < -0.4 is 0 Å². The van der Waals surface area contributed by atoms with Crippen LogP contribution in [0, 0.1) is 46.2 Å². The molecular formula is C34H39FN2O6S. The second-order valence-corrected chi connectivity index (χ2v) is 14.0. The van der Waals surface area contributed by atoms with Gasteiger partial charge in [-0.05, 0) is 97.6 Å². The molecule has 1 aromatic heterocycles. The number of halogens is 1. The monoisotopic (exact) mass is 622 g/mol. The van der Waals surface area contributed by atoms with Crippen LogP contribution in [0.2, 0.25) is 0 Å². The highest BCUT2D eigenvalue weighted by molar-refractivity contribution is 8.14. The number of thioether (sulfide) groups is 1. The summed E-state index contributed by atoms with van der Waals surface area (Å²) < 4.78 is 26.6. The number of carbonyl (C=O) groups excluding carboxylic acids is 2. The van der Waals surface area contributed by atoms with Crippen molar-refractivity contribution in [1.82, 2.24) is 9.78 Å². The minimum atomic E-state index is -1.40. The molecule has 4 aliphatic carbocycles. The summed E-state index contributed by atoms with van der Waals surface area (Å²) in [4.78, 5) is 26.8. The van der Waals surface area contributed by atoms with Crippen LogP contribution in [0.3, 0.4) is 0 Å². The van der Waals surface area contributed by atoms with Gasteiger partial charge in [0, 0.05) is 12.5 Å². The Balaban J connectivity index is 1.32. The minimum absolute atomic E-state index is 0.0356. The Morgan fingerprint density at radius 2 is 1.98 bits per heavy atom. The Labute approximate surface area is 261 Å². The number of methoxy groups -OCH3 is 1. The molecule has 234 valence electrons. The van der Waals surface area contributed by atoms with Crippen molar-refractivity contribution in [2.45, 2.75) is 64.1 Å². The van der Waals surface area contributed by atoms with Gasteiger partial charge in [-0.15, -0.1) is 0 Å². The molecule has 10 heteroatoms.